The van der Waals surface area contributed by atoms with Crippen molar-refractivity contribution in [3.63, 3.8) is 0 Å². The second-order valence-electron chi connectivity index (χ2n) is 4.77. The quantitative estimate of drug-likeness (QED) is 0.431. The number of aromatic nitrogens is 4. The van der Waals surface area contributed by atoms with Gasteiger partial charge in [-0.25, -0.2) is 14.8 Å². The lowest BCUT2D eigenvalue weighted by atomic mass is 10.3. The number of nitrogens with zero attached hydrogens (tertiary/aromatic N) is 2. The van der Waals surface area contributed by atoms with E-state index in [1.165, 1.54) is 0 Å². The highest BCUT2D eigenvalue weighted by Crippen LogP contribution is 2.12. The molecule has 0 saturated carbocycles. The van der Waals surface area contributed by atoms with Gasteiger partial charge in [0.05, 0.1) is 22.1 Å². The number of amides is 1. The van der Waals surface area contributed by atoms with Gasteiger partial charge >= 0.3 is 5.97 Å². The highest BCUT2D eigenvalue weighted by atomic mass is 16.4. The van der Waals surface area contributed by atoms with E-state index < -0.39 is 5.97 Å². The fourth-order valence-corrected chi connectivity index (χ4v) is 2.13. The summed E-state index contributed by atoms with van der Waals surface area (Å²) in [6, 6.07) is 14.8. The van der Waals surface area contributed by atoms with Crippen molar-refractivity contribution in [1.82, 2.24) is 19.9 Å². The maximum absolute atomic E-state index is 10.5. The largest absolute Gasteiger partial charge is 0.475 e. The Hall–Kier alpha value is -3.68. The molecule has 0 spiro atoms. The number of hydrogen-bond acceptors (Lipinski definition) is 4. The first-order valence-electron chi connectivity index (χ1n) is 7.00. The molecule has 0 bridgehead atoms. The zero-order valence-corrected chi connectivity index (χ0v) is 12.4. The lowest BCUT2D eigenvalue weighted by molar-refractivity contribution is -0.105. The average Bonchev–Trinajstić information content (AvgIpc) is 3.19. The van der Waals surface area contributed by atoms with Gasteiger partial charge in [0, 0.05) is 0 Å². The topological polar surface area (TPSA) is 124 Å². The van der Waals surface area contributed by atoms with Gasteiger partial charge < -0.3 is 15.1 Å². The van der Waals surface area contributed by atoms with E-state index in [-0.39, 0.29) is 5.82 Å². The predicted molar refractivity (Wildman–Crippen MR) is 88.8 cm³/mol. The minimum atomic E-state index is -1.04. The number of hydrogen-bond donors (Lipinski definition) is 4. The van der Waals surface area contributed by atoms with Crippen LogP contribution < -0.4 is 5.32 Å². The van der Waals surface area contributed by atoms with Crippen LogP contribution in [-0.4, -0.2) is 37.4 Å². The first kappa shape index (κ1) is 15.2. The molecule has 1 amide bonds. The van der Waals surface area contributed by atoms with E-state index in [0.29, 0.717) is 17.9 Å². The lowest BCUT2D eigenvalue weighted by Crippen LogP contribution is -1.97. The summed E-state index contributed by atoms with van der Waals surface area (Å²) in [5.74, 6) is -0.575. The standard InChI is InChI=1S/C8H7N3O.C8H6N2O2/c12-5-9-8-10-6-3-1-2-4-7(6)11-8;11-8(12)7-9-5-3-1-2-4-6(5)10-7/h1-5H,(H2,9,10,11,12);1-4H,(H,9,10)(H,11,12). The minimum absolute atomic E-state index is 0.0174. The summed E-state index contributed by atoms with van der Waals surface area (Å²) in [4.78, 5) is 34.1. The smallest absolute Gasteiger partial charge is 0.371 e. The minimum Gasteiger partial charge on any atom is -0.475 e. The normalized spacial score (nSPS) is 10.2. The molecule has 24 heavy (non-hydrogen) atoms. The zero-order chi connectivity index (χ0) is 16.9. The Kier molecular flexibility index (Phi) is 4.19. The van der Waals surface area contributed by atoms with E-state index in [2.05, 4.69) is 25.3 Å². The molecule has 120 valence electrons. The number of carboxylic acids is 1. The third-order valence-electron chi connectivity index (χ3n) is 3.18. The van der Waals surface area contributed by atoms with Gasteiger partial charge in [-0.1, -0.05) is 24.3 Å². The number of benzene rings is 2. The van der Waals surface area contributed by atoms with Crippen LogP contribution in [0.4, 0.5) is 5.95 Å². The highest BCUT2D eigenvalue weighted by Gasteiger charge is 2.07. The Morgan fingerprint density at radius 3 is 2.08 bits per heavy atom. The second kappa shape index (κ2) is 6.61. The number of carboxylic acid groups (broad SMARTS) is 1. The Bertz CT molecular complexity index is 939. The van der Waals surface area contributed by atoms with Gasteiger partial charge in [0.2, 0.25) is 18.2 Å². The van der Waals surface area contributed by atoms with Crippen molar-refractivity contribution >= 4 is 40.4 Å². The summed E-state index contributed by atoms with van der Waals surface area (Å²) in [5.41, 5.74) is 3.19. The first-order valence-corrected chi connectivity index (χ1v) is 7.00. The number of carbonyl (C=O) groups excluding carboxylic acids is 1. The lowest BCUT2D eigenvalue weighted by Gasteiger charge is -1.85. The van der Waals surface area contributed by atoms with E-state index in [1.54, 1.807) is 12.1 Å². The van der Waals surface area contributed by atoms with Crippen molar-refractivity contribution in [1.29, 1.82) is 0 Å². The molecule has 0 unspecified atom stereocenters. The number of fused-ring (bicyclic) bond motifs is 2. The van der Waals surface area contributed by atoms with Crippen LogP contribution in [0, 0.1) is 0 Å². The van der Waals surface area contributed by atoms with Gasteiger partial charge in [0.15, 0.2) is 0 Å². The summed E-state index contributed by atoms with van der Waals surface area (Å²) in [7, 11) is 0. The van der Waals surface area contributed by atoms with Gasteiger partial charge in [-0.05, 0) is 24.3 Å². The number of imidazole rings is 2. The third-order valence-corrected chi connectivity index (χ3v) is 3.18. The van der Waals surface area contributed by atoms with Crippen LogP contribution in [0.3, 0.4) is 0 Å². The first-order chi connectivity index (χ1) is 11.7. The molecule has 0 aliphatic rings. The van der Waals surface area contributed by atoms with Gasteiger partial charge in [-0.2, -0.15) is 0 Å². The van der Waals surface area contributed by atoms with Crippen LogP contribution in [0.25, 0.3) is 22.1 Å². The van der Waals surface area contributed by atoms with Gasteiger partial charge in [0.25, 0.3) is 0 Å². The summed E-state index contributed by atoms with van der Waals surface area (Å²) in [6.07, 6.45) is 0.595. The molecule has 4 aromatic rings. The number of anilines is 1. The SMILES string of the molecule is O=C(O)c1nc2ccccc2[nH]1.O=CNc1nc2ccccc2[nH]1. The number of nitrogens with one attached hydrogen (secondary N) is 3. The molecule has 8 nitrogen and oxygen atoms in total. The molecule has 0 atom stereocenters. The summed E-state index contributed by atoms with van der Waals surface area (Å²) in [6.45, 7) is 0. The van der Waals surface area contributed by atoms with Crippen LogP contribution >= 0.6 is 0 Å². The van der Waals surface area contributed by atoms with Crippen molar-refractivity contribution in [2.24, 2.45) is 0 Å². The van der Waals surface area contributed by atoms with Crippen molar-refractivity contribution in [3.8, 4) is 0 Å². The number of H-pyrrole nitrogens is 2. The predicted octanol–water partition coefficient (Wildman–Crippen LogP) is 2.39. The second-order valence-corrected chi connectivity index (χ2v) is 4.77. The molecule has 0 aliphatic heterocycles. The van der Waals surface area contributed by atoms with Crippen molar-refractivity contribution < 1.29 is 14.7 Å². The van der Waals surface area contributed by atoms with E-state index in [4.69, 9.17) is 5.11 Å². The van der Waals surface area contributed by atoms with Crippen molar-refractivity contribution in [3.05, 3.63) is 54.4 Å². The molecule has 0 radical (unpaired) electrons. The van der Waals surface area contributed by atoms with E-state index in [9.17, 15) is 9.59 Å². The highest BCUT2D eigenvalue weighted by molar-refractivity contribution is 5.88. The summed E-state index contributed by atoms with van der Waals surface area (Å²) >= 11 is 0. The van der Waals surface area contributed by atoms with E-state index in [1.807, 2.05) is 36.4 Å². The molecule has 2 heterocycles. The fraction of sp³-hybridized carbons (Fsp3) is 0. The molecule has 8 heteroatoms. The van der Waals surface area contributed by atoms with Crippen LogP contribution in [0.2, 0.25) is 0 Å². The van der Waals surface area contributed by atoms with Crippen LogP contribution in [0.5, 0.6) is 0 Å². The zero-order valence-electron chi connectivity index (χ0n) is 12.4. The van der Waals surface area contributed by atoms with Crippen LogP contribution in [0.15, 0.2) is 48.5 Å². The van der Waals surface area contributed by atoms with E-state index >= 15 is 0 Å². The van der Waals surface area contributed by atoms with Crippen LogP contribution in [-0.2, 0) is 4.79 Å². The Morgan fingerprint density at radius 1 is 0.958 bits per heavy atom. The fourth-order valence-electron chi connectivity index (χ4n) is 2.13. The Labute approximate surface area is 135 Å². The molecule has 2 aromatic carbocycles. The maximum Gasteiger partial charge on any atom is 0.371 e. The van der Waals surface area contributed by atoms with Gasteiger partial charge in [0.1, 0.15) is 0 Å². The number of aromatic amines is 2. The molecule has 4 N–H and O–H groups in total. The molecule has 0 fully saturated rings. The van der Waals surface area contributed by atoms with Crippen molar-refractivity contribution in [2.75, 3.05) is 5.32 Å². The monoisotopic (exact) mass is 323 g/mol. The summed E-state index contributed by atoms with van der Waals surface area (Å²) in [5, 5.41) is 11.0. The number of para-hydroxylation sites is 4. The molecular weight excluding hydrogens is 310 g/mol. The van der Waals surface area contributed by atoms with Crippen molar-refractivity contribution in [2.45, 2.75) is 0 Å². The van der Waals surface area contributed by atoms with Gasteiger partial charge in [-0.15, -0.1) is 0 Å². The molecule has 0 aliphatic carbocycles. The van der Waals surface area contributed by atoms with Crippen LogP contribution in [0.1, 0.15) is 10.6 Å². The molecular formula is C16H13N5O3. The molecule has 2 aromatic heterocycles. The maximum atomic E-state index is 10.5. The molecule has 0 saturated heterocycles. The third kappa shape index (κ3) is 3.22. The number of carbonyl (C=O) groups is 2. The van der Waals surface area contributed by atoms with E-state index in [0.717, 1.165) is 16.6 Å². The van der Waals surface area contributed by atoms with Gasteiger partial charge in [-0.3, -0.25) is 10.1 Å². The number of rotatable bonds is 3. The Morgan fingerprint density at radius 2 is 1.54 bits per heavy atom. The summed E-state index contributed by atoms with van der Waals surface area (Å²) < 4.78 is 0. The molecule has 4 rings (SSSR count). The average molecular weight is 323 g/mol. The Balaban J connectivity index is 0.000000141. The number of aromatic carboxylic acids is 1.